The van der Waals surface area contributed by atoms with Crippen molar-refractivity contribution in [1.82, 2.24) is 0 Å². The third-order valence-corrected chi connectivity index (χ3v) is 4.73. The molecule has 0 atom stereocenters. The largest absolute Gasteiger partial charge is 0.494 e. The maximum absolute atomic E-state index is 12.5. The Labute approximate surface area is 180 Å². The Bertz CT molecular complexity index is 1040. The average Bonchev–Trinajstić information content (AvgIpc) is 2.72. The lowest BCUT2D eigenvalue weighted by Gasteiger charge is -2.17. The van der Waals surface area contributed by atoms with E-state index in [0.29, 0.717) is 38.5 Å². The molecule has 0 aliphatic carbocycles. The van der Waals surface area contributed by atoms with Crippen LogP contribution in [0.15, 0.2) is 66.7 Å². The molecule has 3 N–H and O–H groups in total. The third kappa shape index (κ3) is 5.25. The highest BCUT2D eigenvalue weighted by Crippen LogP contribution is 2.32. The van der Waals surface area contributed by atoms with Gasteiger partial charge in [-0.2, -0.15) is 0 Å². The maximum Gasteiger partial charge on any atom is 0.255 e. The molecule has 148 valence electrons. The minimum absolute atomic E-state index is 0.188. The topological polar surface area (TPSA) is 62.4 Å². The Kier molecular flexibility index (Phi) is 6.69. The summed E-state index contributed by atoms with van der Waals surface area (Å²) in [5, 5.41) is 10.0. The highest BCUT2D eigenvalue weighted by molar-refractivity contribution is 7.80. The quantitative estimate of drug-likeness (QED) is 0.456. The first-order chi connectivity index (χ1) is 14.0. The number of hydrogen-bond donors (Lipinski definition) is 3. The highest BCUT2D eigenvalue weighted by Gasteiger charge is 2.13. The molecule has 0 radical (unpaired) electrons. The number of thiocarbonyl (C=S) groups is 1. The molecule has 0 saturated carbocycles. The van der Waals surface area contributed by atoms with Crippen LogP contribution in [0.4, 0.5) is 17.1 Å². The molecule has 7 heteroatoms. The summed E-state index contributed by atoms with van der Waals surface area (Å²) in [7, 11) is 1.56. The van der Waals surface area contributed by atoms with E-state index >= 15 is 0 Å². The van der Waals surface area contributed by atoms with E-state index in [0.717, 1.165) is 5.56 Å². The van der Waals surface area contributed by atoms with E-state index in [1.807, 2.05) is 49.4 Å². The fourth-order valence-corrected chi connectivity index (χ4v) is 3.11. The van der Waals surface area contributed by atoms with Gasteiger partial charge in [-0.05, 0) is 55.0 Å². The van der Waals surface area contributed by atoms with Crippen LogP contribution in [0.2, 0.25) is 5.02 Å². The van der Waals surface area contributed by atoms with Crippen LogP contribution < -0.4 is 20.7 Å². The Morgan fingerprint density at radius 1 is 0.897 bits per heavy atom. The van der Waals surface area contributed by atoms with Crippen molar-refractivity contribution in [3.8, 4) is 5.75 Å². The summed E-state index contributed by atoms with van der Waals surface area (Å²) in [4.78, 5) is 12.5. The van der Waals surface area contributed by atoms with Crippen LogP contribution >= 0.6 is 23.8 Å². The number of para-hydroxylation sites is 1. The van der Waals surface area contributed by atoms with Crippen LogP contribution in [-0.2, 0) is 0 Å². The lowest BCUT2D eigenvalue weighted by Crippen LogP contribution is -2.20. The second-order valence-corrected chi connectivity index (χ2v) is 7.06. The first-order valence-electron chi connectivity index (χ1n) is 8.85. The van der Waals surface area contributed by atoms with Crippen molar-refractivity contribution in [2.24, 2.45) is 0 Å². The molecule has 3 rings (SSSR count). The number of carbonyl (C=O) groups excluding carboxylic acids is 1. The van der Waals surface area contributed by atoms with Crippen molar-refractivity contribution < 1.29 is 9.53 Å². The van der Waals surface area contributed by atoms with E-state index in [4.69, 9.17) is 28.6 Å². The van der Waals surface area contributed by atoms with Gasteiger partial charge in [-0.1, -0.05) is 41.9 Å². The molecule has 0 saturated heterocycles. The van der Waals surface area contributed by atoms with Crippen molar-refractivity contribution in [2.45, 2.75) is 6.92 Å². The second kappa shape index (κ2) is 9.41. The van der Waals surface area contributed by atoms with Crippen molar-refractivity contribution in [2.75, 3.05) is 23.1 Å². The van der Waals surface area contributed by atoms with Gasteiger partial charge in [0, 0.05) is 17.3 Å². The molecule has 0 aromatic heterocycles. The number of ether oxygens (including phenoxy) is 1. The summed E-state index contributed by atoms with van der Waals surface area (Å²) in [5.41, 5.74) is 3.48. The van der Waals surface area contributed by atoms with Crippen LogP contribution in [0, 0.1) is 6.92 Å². The lowest BCUT2D eigenvalue weighted by molar-refractivity contribution is 0.102. The molecule has 0 fully saturated rings. The highest BCUT2D eigenvalue weighted by atomic mass is 35.5. The van der Waals surface area contributed by atoms with Crippen LogP contribution in [-0.4, -0.2) is 18.1 Å². The number of aryl methyl sites for hydroxylation is 1. The van der Waals surface area contributed by atoms with Gasteiger partial charge in [0.1, 0.15) is 5.75 Å². The molecule has 0 aliphatic rings. The molecular weight excluding hydrogens is 406 g/mol. The molecule has 29 heavy (non-hydrogen) atoms. The minimum Gasteiger partial charge on any atom is -0.494 e. The van der Waals surface area contributed by atoms with Gasteiger partial charge in [0.15, 0.2) is 5.11 Å². The Morgan fingerprint density at radius 2 is 1.55 bits per heavy atom. The van der Waals surface area contributed by atoms with E-state index in [1.165, 1.54) is 0 Å². The van der Waals surface area contributed by atoms with Gasteiger partial charge in [0.2, 0.25) is 0 Å². The van der Waals surface area contributed by atoms with Gasteiger partial charge >= 0.3 is 0 Å². The van der Waals surface area contributed by atoms with E-state index in [2.05, 4.69) is 16.0 Å². The van der Waals surface area contributed by atoms with E-state index < -0.39 is 0 Å². The molecular formula is C22H20ClN3O2S. The molecule has 3 aromatic rings. The number of halogens is 1. The van der Waals surface area contributed by atoms with Gasteiger partial charge in [-0.3, -0.25) is 4.79 Å². The summed E-state index contributed by atoms with van der Waals surface area (Å²) in [6, 6.07) is 20.0. The number of nitrogens with one attached hydrogen (secondary N) is 3. The van der Waals surface area contributed by atoms with Crippen LogP contribution in [0.25, 0.3) is 0 Å². The SMILES string of the molecule is COc1cc(NC(=O)c2ccccc2)c(C)cc1NC(=S)Nc1ccccc1Cl. The molecule has 1 amide bonds. The van der Waals surface area contributed by atoms with Crippen LogP contribution in [0.5, 0.6) is 5.75 Å². The minimum atomic E-state index is -0.188. The number of hydrogen-bond acceptors (Lipinski definition) is 3. The zero-order valence-electron chi connectivity index (χ0n) is 16.0. The number of anilines is 3. The Morgan fingerprint density at radius 3 is 2.24 bits per heavy atom. The fourth-order valence-electron chi connectivity index (χ4n) is 2.71. The Balaban J connectivity index is 1.77. The molecule has 0 bridgehead atoms. The van der Waals surface area contributed by atoms with Crippen molar-refractivity contribution in [1.29, 1.82) is 0 Å². The normalized spacial score (nSPS) is 10.2. The molecule has 5 nitrogen and oxygen atoms in total. The number of benzene rings is 3. The van der Waals surface area contributed by atoms with Crippen molar-refractivity contribution in [3.63, 3.8) is 0 Å². The number of methoxy groups -OCH3 is 1. The van der Waals surface area contributed by atoms with E-state index in [9.17, 15) is 4.79 Å². The van der Waals surface area contributed by atoms with Gasteiger partial charge in [0.25, 0.3) is 5.91 Å². The standard InChI is InChI=1S/C22H20ClN3O2S/c1-14-12-19(26-22(29)25-17-11-7-6-10-16(17)23)20(28-2)13-18(14)24-21(27)15-8-4-3-5-9-15/h3-13H,1-2H3,(H,24,27)(H2,25,26,29). The predicted molar refractivity (Wildman–Crippen MR) is 123 cm³/mol. The zero-order valence-corrected chi connectivity index (χ0v) is 17.5. The maximum atomic E-state index is 12.5. The fraction of sp³-hybridized carbons (Fsp3) is 0.0909. The summed E-state index contributed by atoms with van der Waals surface area (Å²) in [5.74, 6) is 0.356. The predicted octanol–water partition coefficient (Wildman–Crippen LogP) is 5.72. The van der Waals surface area contributed by atoms with Crippen molar-refractivity contribution >= 4 is 51.9 Å². The monoisotopic (exact) mass is 425 g/mol. The van der Waals surface area contributed by atoms with Crippen molar-refractivity contribution in [3.05, 3.63) is 82.9 Å². The molecule has 0 unspecified atom stereocenters. The summed E-state index contributed by atoms with van der Waals surface area (Å²) in [6.45, 7) is 1.90. The molecule has 3 aromatic carbocycles. The summed E-state index contributed by atoms with van der Waals surface area (Å²) >= 11 is 11.5. The van der Waals surface area contributed by atoms with Crippen LogP contribution in [0.3, 0.4) is 0 Å². The Hall–Kier alpha value is -3.09. The number of rotatable bonds is 5. The average molecular weight is 426 g/mol. The second-order valence-electron chi connectivity index (χ2n) is 6.25. The zero-order chi connectivity index (χ0) is 20.8. The number of amides is 1. The van der Waals surface area contributed by atoms with Gasteiger partial charge in [-0.25, -0.2) is 0 Å². The van der Waals surface area contributed by atoms with Crippen LogP contribution in [0.1, 0.15) is 15.9 Å². The lowest BCUT2D eigenvalue weighted by atomic mass is 10.1. The molecule has 0 heterocycles. The summed E-state index contributed by atoms with van der Waals surface area (Å²) in [6.07, 6.45) is 0. The third-order valence-electron chi connectivity index (χ3n) is 4.20. The van der Waals surface area contributed by atoms with Gasteiger partial charge in [-0.15, -0.1) is 0 Å². The summed E-state index contributed by atoms with van der Waals surface area (Å²) < 4.78 is 5.48. The smallest absolute Gasteiger partial charge is 0.255 e. The van der Waals surface area contributed by atoms with Gasteiger partial charge < -0.3 is 20.7 Å². The van der Waals surface area contributed by atoms with E-state index in [1.54, 1.807) is 31.4 Å². The molecule has 0 aliphatic heterocycles. The first kappa shape index (κ1) is 20.6. The van der Waals surface area contributed by atoms with Gasteiger partial charge in [0.05, 0.1) is 23.5 Å². The number of carbonyl (C=O) groups is 1. The molecule has 0 spiro atoms. The first-order valence-corrected chi connectivity index (χ1v) is 9.64. The van der Waals surface area contributed by atoms with E-state index in [-0.39, 0.29) is 5.91 Å².